The Kier molecular flexibility index (Phi) is 5.34. The predicted molar refractivity (Wildman–Crippen MR) is 85.4 cm³/mol. The van der Waals surface area contributed by atoms with E-state index in [2.05, 4.69) is 5.32 Å². The van der Waals surface area contributed by atoms with Crippen molar-refractivity contribution in [3.63, 3.8) is 0 Å². The molecule has 0 radical (unpaired) electrons. The molecule has 1 saturated carbocycles. The van der Waals surface area contributed by atoms with Gasteiger partial charge in [-0.2, -0.15) is 0 Å². The van der Waals surface area contributed by atoms with E-state index in [1.54, 1.807) is 0 Å². The van der Waals surface area contributed by atoms with Gasteiger partial charge in [-0.25, -0.2) is 0 Å². The summed E-state index contributed by atoms with van der Waals surface area (Å²) in [6, 6.07) is 0.370. The van der Waals surface area contributed by atoms with Crippen molar-refractivity contribution in [2.45, 2.75) is 57.4 Å². The number of rotatable bonds is 3. The number of amides is 2. The zero-order chi connectivity index (χ0) is 15.4. The van der Waals surface area contributed by atoms with Gasteiger partial charge in [0.15, 0.2) is 0 Å². The van der Waals surface area contributed by atoms with Gasteiger partial charge in [0.1, 0.15) is 0 Å². The van der Waals surface area contributed by atoms with Crippen LogP contribution in [-0.4, -0.2) is 60.4 Å². The molecule has 0 bridgehead atoms. The molecule has 2 saturated heterocycles. The molecular weight excluding hydrogens is 278 g/mol. The van der Waals surface area contributed by atoms with Crippen molar-refractivity contribution in [3.05, 3.63) is 0 Å². The highest BCUT2D eigenvalue weighted by atomic mass is 16.2. The number of nitrogens with one attached hydrogen (secondary N) is 1. The maximum atomic E-state index is 12.5. The smallest absolute Gasteiger partial charge is 0.225 e. The van der Waals surface area contributed by atoms with Gasteiger partial charge < -0.3 is 15.1 Å². The van der Waals surface area contributed by atoms with Crippen LogP contribution in [-0.2, 0) is 9.59 Å². The molecule has 3 rings (SSSR count). The fourth-order valence-electron chi connectivity index (χ4n) is 4.05. The summed E-state index contributed by atoms with van der Waals surface area (Å²) in [4.78, 5) is 28.8. The molecule has 0 aromatic rings. The van der Waals surface area contributed by atoms with Crippen LogP contribution in [0.25, 0.3) is 0 Å². The monoisotopic (exact) mass is 307 g/mol. The average Bonchev–Trinajstić information content (AvgIpc) is 3.08. The average molecular weight is 307 g/mol. The zero-order valence-corrected chi connectivity index (χ0v) is 13.6. The van der Waals surface area contributed by atoms with E-state index in [1.165, 1.54) is 25.7 Å². The van der Waals surface area contributed by atoms with E-state index in [0.717, 1.165) is 38.9 Å². The molecule has 3 aliphatic rings. The SMILES string of the molecule is O=C(CC1CCCN1)N1CCN(C(=O)C2CCCCC2)CC1. The Balaban J connectivity index is 1.43. The number of nitrogens with zero attached hydrogens (tertiary/aromatic N) is 2. The first-order chi connectivity index (χ1) is 10.7. The summed E-state index contributed by atoms with van der Waals surface area (Å²) >= 11 is 0. The Labute approximate surface area is 133 Å². The van der Waals surface area contributed by atoms with Crippen LogP contribution in [0.4, 0.5) is 0 Å². The van der Waals surface area contributed by atoms with Crippen LogP contribution >= 0.6 is 0 Å². The Morgan fingerprint density at radius 2 is 1.55 bits per heavy atom. The maximum Gasteiger partial charge on any atom is 0.225 e. The van der Waals surface area contributed by atoms with Gasteiger partial charge in [0, 0.05) is 44.6 Å². The maximum absolute atomic E-state index is 12.5. The number of hydrogen-bond acceptors (Lipinski definition) is 3. The lowest BCUT2D eigenvalue weighted by atomic mass is 9.88. The Hall–Kier alpha value is -1.10. The van der Waals surface area contributed by atoms with Crippen LogP contribution in [0.1, 0.15) is 51.4 Å². The van der Waals surface area contributed by atoms with Crippen molar-refractivity contribution < 1.29 is 9.59 Å². The second-order valence-corrected chi connectivity index (χ2v) is 7.04. The standard InChI is InChI=1S/C17H29N3O2/c21-16(13-15-7-4-8-18-15)19-9-11-20(12-10-19)17(22)14-5-2-1-3-6-14/h14-15,18H,1-13H2. The molecule has 1 atom stereocenters. The van der Waals surface area contributed by atoms with E-state index < -0.39 is 0 Å². The molecule has 124 valence electrons. The Morgan fingerprint density at radius 1 is 0.864 bits per heavy atom. The fraction of sp³-hybridized carbons (Fsp3) is 0.882. The van der Waals surface area contributed by atoms with Crippen molar-refractivity contribution in [1.29, 1.82) is 0 Å². The first-order valence-corrected chi connectivity index (χ1v) is 9.04. The quantitative estimate of drug-likeness (QED) is 0.857. The van der Waals surface area contributed by atoms with E-state index >= 15 is 0 Å². The molecule has 1 aliphatic carbocycles. The minimum Gasteiger partial charge on any atom is -0.339 e. The highest BCUT2D eigenvalue weighted by molar-refractivity contribution is 5.80. The largest absolute Gasteiger partial charge is 0.339 e. The third kappa shape index (κ3) is 3.80. The third-order valence-corrected chi connectivity index (χ3v) is 5.48. The summed E-state index contributed by atoms with van der Waals surface area (Å²) in [5.74, 6) is 0.840. The minimum absolute atomic E-state index is 0.249. The van der Waals surface area contributed by atoms with Gasteiger partial charge in [0.25, 0.3) is 0 Å². The lowest BCUT2D eigenvalue weighted by Crippen LogP contribution is -2.52. The molecule has 1 N–H and O–H groups in total. The Bertz CT molecular complexity index is 393. The lowest BCUT2D eigenvalue weighted by molar-refractivity contribution is -0.143. The molecule has 5 nitrogen and oxygen atoms in total. The first-order valence-electron chi connectivity index (χ1n) is 9.04. The lowest BCUT2D eigenvalue weighted by Gasteiger charge is -2.37. The molecule has 5 heteroatoms. The number of hydrogen-bond donors (Lipinski definition) is 1. The van der Waals surface area contributed by atoms with Crippen molar-refractivity contribution in [2.75, 3.05) is 32.7 Å². The van der Waals surface area contributed by atoms with Crippen LogP contribution in [0.15, 0.2) is 0 Å². The van der Waals surface area contributed by atoms with Gasteiger partial charge in [-0.15, -0.1) is 0 Å². The van der Waals surface area contributed by atoms with Crippen molar-refractivity contribution in [2.24, 2.45) is 5.92 Å². The molecule has 22 heavy (non-hydrogen) atoms. The van der Waals surface area contributed by atoms with E-state index in [0.29, 0.717) is 31.5 Å². The molecular formula is C17H29N3O2. The molecule has 2 amide bonds. The van der Waals surface area contributed by atoms with Crippen LogP contribution < -0.4 is 5.32 Å². The molecule has 0 aromatic carbocycles. The highest BCUT2D eigenvalue weighted by Gasteiger charge is 2.30. The first kappa shape index (κ1) is 15.8. The van der Waals surface area contributed by atoms with Crippen molar-refractivity contribution in [1.82, 2.24) is 15.1 Å². The van der Waals surface area contributed by atoms with Crippen molar-refractivity contribution in [3.8, 4) is 0 Å². The zero-order valence-electron chi connectivity index (χ0n) is 13.6. The van der Waals surface area contributed by atoms with E-state index in [-0.39, 0.29) is 11.8 Å². The number of carbonyl (C=O) groups excluding carboxylic acids is 2. The number of piperazine rings is 1. The van der Waals surface area contributed by atoms with Gasteiger partial charge in [0.2, 0.25) is 11.8 Å². The summed E-state index contributed by atoms with van der Waals surface area (Å²) in [6.45, 7) is 3.91. The molecule has 1 unspecified atom stereocenters. The molecule has 0 spiro atoms. The Morgan fingerprint density at radius 3 is 2.18 bits per heavy atom. The normalized spacial score (nSPS) is 27.2. The second-order valence-electron chi connectivity index (χ2n) is 7.04. The highest BCUT2D eigenvalue weighted by Crippen LogP contribution is 2.26. The summed E-state index contributed by atoms with van der Waals surface area (Å²) in [6.07, 6.45) is 8.72. The van der Waals surface area contributed by atoms with Crippen LogP contribution in [0.3, 0.4) is 0 Å². The number of carbonyl (C=O) groups is 2. The predicted octanol–water partition coefficient (Wildman–Crippen LogP) is 1.38. The van der Waals surface area contributed by atoms with E-state index in [9.17, 15) is 9.59 Å². The van der Waals surface area contributed by atoms with Crippen LogP contribution in [0, 0.1) is 5.92 Å². The van der Waals surface area contributed by atoms with Gasteiger partial charge in [0.05, 0.1) is 0 Å². The van der Waals surface area contributed by atoms with Crippen molar-refractivity contribution >= 4 is 11.8 Å². The van der Waals surface area contributed by atoms with Gasteiger partial charge in [-0.05, 0) is 32.2 Å². The molecule has 2 aliphatic heterocycles. The molecule has 2 heterocycles. The summed E-state index contributed by atoms with van der Waals surface area (Å²) in [5, 5.41) is 3.38. The van der Waals surface area contributed by atoms with Gasteiger partial charge >= 0.3 is 0 Å². The van der Waals surface area contributed by atoms with Crippen LogP contribution in [0.2, 0.25) is 0 Å². The van der Waals surface area contributed by atoms with E-state index in [1.807, 2.05) is 9.80 Å². The summed E-state index contributed by atoms with van der Waals surface area (Å²) in [7, 11) is 0. The van der Waals surface area contributed by atoms with Gasteiger partial charge in [-0.1, -0.05) is 19.3 Å². The topological polar surface area (TPSA) is 52.7 Å². The molecule has 3 fully saturated rings. The minimum atomic E-state index is 0.249. The second kappa shape index (κ2) is 7.44. The van der Waals surface area contributed by atoms with Gasteiger partial charge in [-0.3, -0.25) is 9.59 Å². The van der Waals surface area contributed by atoms with E-state index in [4.69, 9.17) is 0 Å². The third-order valence-electron chi connectivity index (χ3n) is 5.48. The fourth-order valence-corrected chi connectivity index (χ4v) is 4.05. The summed E-state index contributed by atoms with van der Waals surface area (Å²) < 4.78 is 0. The molecule has 0 aromatic heterocycles. The van der Waals surface area contributed by atoms with Crippen LogP contribution in [0.5, 0.6) is 0 Å². The summed E-state index contributed by atoms with van der Waals surface area (Å²) in [5.41, 5.74) is 0.